The molecule has 1 N–H and O–H groups in total. The third-order valence-electron chi connectivity index (χ3n) is 3.51. The largest absolute Gasteiger partial charge is 0.340 e. The maximum atomic E-state index is 5.18. The van der Waals surface area contributed by atoms with Crippen LogP contribution in [-0.4, -0.2) is 31.3 Å². The Morgan fingerprint density at radius 2 is 2.50 bits per heavy atom. The van der Waals surface area contributed by atoms with Gasteiger partial charge < -0.3 is 14.7 Å². The molecular weight excluding hydrogens is 178 g/mol. The number of rotatable bonds is 1. The number of hydrogen-bond donors (Lipinski definition) is 1. The van der Waals surface area contributed by atoms with E-state index in [1.165, 1.54) is 19.4 Å². The van der Waals surface area contributed by atoms with Gasteiger partial charge in [-0.25, -0.2) is 0 Å². The Morgan fingerprint density at radius 3 is 3.21 bits per heavy atom. The molecule has 0 bridgehead atoms. The third kappa shape index (κ3) is 1.21. The highest BCUT2D eigenvalue weighted by atomic mass is 16.5. The molecule has 4 heteroatoms. The zero-order valence-electron chi connectivity index (χ0n) is 8.20. The lowest BCUT2D eigenvalue weighted by atomic mass is 9.87. The zero-order valence-corrected chi connectivity index (χ0v) is 8.20. The van der Waals surface area contributed by atoms with Crippen molar-refractivity contribution in [3.05, 3.63) is 12.3 Å². The second-order valence-corrected chi connectivity index (χ2v) is 4.45. The van der Waals surface area contributed by atoms with E-state index in [0.717, 1.165) is 25.5 Å². The summed E-state index contributed by atoms with van der Waals surface area (Å²) in [6, 6.07) is 1.95. The van der Waals surface area contributed by atoms with Crippen LogP contribution in [-0.2, 0) is 0 Å². The highest BCUT2D eigenvalue weighted by molar-refractivity contribution is 5.35. The normalized spacial score (nSPS) is 31.9. The second kappa shape index (κ2) is 2.98. The maximum Gasteiger partial charge on any atom is 0.227 e. The summed E-state index contributed by atoms with van der Waals surface area (Å²) in [4.78, 5) is 2.31. The van der Waals surface area contributed by atoms with Crippen molar-refractivity contribution in [2.45, 2.75) is 12.8 Å². The summed E-state index contributed by atoms with van der Waals surface area (Å²) in [6.45, 7) is 4.56. The van der Waals surface area contributed by atoms with E-state index >= 15 is 0 Å². The Labute approximate surface area is 83.2 Å². The molecule has 76 valence electrons. The molecule has 1 spiro atoms. The number of hydrogen-bond acceptors (Lipinski definition) is 4. The van der Waals surface area contributed by atoms with Gasteiger partial charge in [0, 0.05) is 31.1 Å². The van der Waals surface area contributed by atoms with E-state index in [0.29, 0.717) is 5.41 Å². The summed E-state index contributed by atoms with van der Waals surface area (Å²) in [6.07, 6.45) is 4.30. The van der Waals surface area contributed by atoms with Gasteiger partial charge in [0.2, 0.25) is 5.88 Å². The summed E-state index contributed by atoms with van der Waals surface area (Å²) in [7, 11) is 0. The summed E-state index contributed by atoms with van der Waals surface area (Å²) < 4.78 is 5.18. The number of aromatic nitrogens is 1. The van der Waals surface area contributed by atoms with Gasteiger partial charge in [0.05, 0.1) is 6.20 Å². The van der Waals surface area contributed by atoms with E-state index in [2.05, 4.69) is 15.4 Å². The summed E-state index contributed by atoms with van der Waals surface area (Å²) >= 11 is 0. The van der Waals surface area contributed by atoms with E-state index in [1.54, 1.807) is 6.20 Å². The lowest BCUT2D eigenvalue weighted by Crippen LogP contribution is -2.28. The van der Waals surface area contributed by atoms with Crippen LogP contribution < -0.4 is 10.2 Å². The molecule has 0 aromatic carbocycles. The molecule has 2 aliphatic rings. The molecule has 1 aromatic rings. The summed E-state index contributed by atoms with van der Waals surface area (Å²) in [5.74, 6) is 0.925. The van der Waals surface area contributed by atoms with Crippen LogP contribution in [0.3, 0.4) is 0 Å². The van der Waals surface area contributed by atoms with E-state index in [1.807, 2.05) is 6.07 Å². The third-order valence-corrected chi connectivity index (χ3v) is 3.51. The van der Waals surface area contributed by atoms with Crippen LogP contribution >= 0.6 is 0 Å². The van der Waals surface area contributed by atoms with Crippen molar-refractivity contribution in [3.63, 3.8) is 0 Å². The van der Waals surface area contributed by atoms with Crippen molar-refractivity contribution >= 4 is 5.88 Å². The number of anilines is 1. The van der Waals surface area contributed by atoms with Crippen LogP contribution in [0.1, 0.15) is 12.8 Å². The minimum Gasteiger partial charge on any atom is -0.340 e. The molecule has 14 heavy (non-hydrogen) atoms. The zero-order chi connectivity index (χ0) is 9.43. The smallest absolute Gasteiger partial charge is 0.227 e. The van der Waals surface area contributed by atoms with E-state index in [9.17, 15) is 0 Å². The molecule has 0 saturated carbocycles. The van der Waals surface area contributed by atoms with Gasteiger partial charge in [-0.15, -0.1) is 0 Å². The predicted molar refractivity (Wildman–Crippen MR) is 53.3 cm³/mol. The van der Waals surface area contributed by atoms with Gasteiger partial charge >= 0.3 is 0 Å². The van der Waals surface area contributed by atoms with E-state index in [-0.39, 0.29) is 0 Å². The first kappa shape index (κ1) is 8.29. The first-order chi connectivity index (χ1) is 6.88. The molecule has 3 rings (SSSR count). The van der Waals surface area contributed by atoms with Gasteiger partial charge in [-0.2, -0.15) is 0 Å². The Hall–Kier alpha value is -1.03. The minimum atomic E-state index is 0.507. The molecule has 0 amide bonds. The molecular formula is C10H15N3O. The van der Waals surface area contributed by atoms with Gasteiger partial charge in [-0.3, -0.25) is 0 Å². The fourth-order valence-electron chi connectivity index (χ4n) is 2.64. The lowest BCUT2D eigenvalue weighted by Gasteiger charge is -2.21. The van der Waals surface area contributed by atoms with Crippen molar-refractivity contribution < 1.29 is 4.52 Å². The quantitative estimate of drug-likeness (QED) is 0.718. The Kier molecular flexibility index (Phi) is 1.77. The van der Waals surface area contributed by atoms with E-state index < -0.39 is 0 Å². The monoisotopic (exact) mass is 193 g/mol. The lowest BCUT2D eigenvalue weighted by molar-refractivity contribution is 0.363. The van der Waals surface area contributed by atoms with Crippen LogP contribution in [0.2, 0.25) is 0 Å². The molecule has 0 radical (unpaired) electrons. The van der Waals surface area contributed by atoms with Crippen molar-refractivity contribution in [1.29, 1.82) is 0 Å². The van der Waals surface area contributed by atoms with Crippen molar-refractivity contribution in [2.75, 3.05) is 31.1 Å². The van der Waals surface area contributed by atoms with Crippen LogP contribution in [0.4, 0.5) is 5.88 Å². The second-order valence-electron chi connectivity index (χ2n) is 4.45. The summed E-state index contributed by atoms with van der Waals surface area (Å²) in [5.41, 5.74) is 0.507. The van der Waals surface area contributed by atoms with Crippen LogP contribution in [0, 0.1) is 5.41 Å². The molecule has 1 atom stereocenters. The molecule has 2 aliphatic heterocycles. The van der Waals surface area contributed by atoms with Crippen molar-refractivity contribution in [3.8, 4) is 0 Å². The standard InChI is InChI=1S/C10H15N3O/c1-4-12-14-9(1)13-6-3-10(8-13)2-5-11-7-10/h1,4,11H,2-3,5-8H2. The predicted octanol–water partition coefficient (Wildman–Crippen LogP) is 0.864. The average Bonchev–Trinajstić information content (AvgIpc) is 2.91. The van der Waals surface area contributed by atoms with Gasteiger partial charge in [0.15, 0.2) is 0 Å². The Bertz CT molecular complexity index is 303. The Morgan fingerprint density at radius 1 is 1.50 bits per heavy atom. The average molecular weight is 193 g/mol. The molecule has 0 aliphatic carbocycles. The minimum absolute atomic E-state index is 0.507. The molecule has 1 aromatic heterocycles. The highest BCUT2D eigenvalue weighted by Crippen LogP contribution is 2.37. The molecule has 1 unspecified atom stereocenters. The fourth-order valence-corrected chi connectivity index (χ4v) is 2.64. The SMILES string of the molecule is c1cc(N2CCC3(CCNC3)C2)on1. The molecule has 3 heterocycles. The fraction of sp³-hybridized carbons (Fsp3) is 0.700. The summed E-state index contributed by atoms with van der Waals surface area (Å²) in [5, 5.41) is 7.20. The molecule has 2 saturated heterocycles. The van der Waals surface area contributed by atoms with Crippen LogP contribution in [0.25, 0.3) is 0 Å². The maximum absolute atomic E-state index is 5.18. The number of nitrogens with one attached hydrogen (secondary N) is 1. The molecule has 4 nitrogen and oxygen atoms in total. The van der Waals surface area contributed by atoms with Gasteiger partial charge in [0.1, 0.15) is 0 Å². The van der Waals surface area contributed by atoms with Crippen molar-refractivity contribution in [2.24, 2.45) is 5.41 Å². The van der Waals surface area contributed by atoms with E-state index in [4.69, 9.17) is 4.52 Å². The van der Waals surface area contributed by atoms with Crippen LogP contribution in [0.15, 0.2) is 16.8 Å². The topological polar surface area (TPSA) is 41.3 Å². The Balaban J connectivity index is 1.75. The molecule has 2 fully saturated rings. The van der Waals surface area contributed by atoms with Gasteiger partial charge in [0.25, 0.3) is 0 Å². The van der Waals surface area contributed by atoms with Gasteiger partial charge in [-0.1, -0.05) is 5.16 Å². The first-order valence-corrected chi connectivity index (χ1v) is 5.24. The number of nitrogens with zero attached hydrogens (tertiary/aromatic N) is 2. The highest BCUT2D eigenvalue weighted by Gasteiger charge is 2.41. The van der Waals surface area contributed by atoms with Crippen LogP contribution in [0.5, 0.6) is 0 Å². The van der Waals surface area contributed by atoms with Gasteiger partial charge in [-0.05, 0) is 19.4 Å². The van der Waals surface area contributed by atoms with Crippen molar-refractivity contribution in [1.82, 2.24) is 10.5 Å². The first-order valence-electron chi connectivity index (χ1n) is 5.24.